The van der Waals surface area contributed by atoms with Crippen molar-refractivity contribution in [1.29, 1.82) is 0 Å². The maximum atomic E-state index is 12.9. The number of alkyl carbamates (subject to hydrolysis) is 1. The minimum atomic E-state index is -1.22. The molecule has 1 unspecified atom stereocenters. The van der Waals surface area contributed by atoms with Crippen LogP contribution >= 0.6 is 0 Å². The molecular weight excluding hydrogens is 280 g/mol. The molecular formula is C17H14N2O3. The molecule has 2 aliphatic heterocycles. The lowest BCUT2D eigenvalue weighted by atomic mass is 9.96. The predicted octanol–water partition coefficient (Wildman–Crippen LogP) is 2.17. The van der Waals surface area contributed by atoms with Crippen LogP contribution in [0.2, 0.25) is 0 Å². The highest BCUT2D eigenvalue weighted by Gasteiger charge is 2.57. The summed E-state index contributed by atoms with van der Waals surface area (Å²) in [7, 11) is 0. The molecule has 2 aromatic rings. The van der Waals surface area contributed by atoms with Crippen LogP contribution in [0.15, 0.2) is 54.6 Å². The third-order valence-electron chi connectivity index (χ3n) is 4.15. The Kier molecular flexibility index (Phi) is 2.69. The van der Waals surface area contributed by atoms with E-state index >= 15 is 0 Å². The van der Waals surface area contributed by atoms with E-state index in [9.17, 15) is 9.59 Å². The van der Waals surface area contributed by atoms with Crippen molar-refractivity contribution in [1.82, 2.24) is 5.32 Å². The molecule has 2 amide bonds. The molecule has 22 heavy (non-hydrogen) atoms. The molecule has 2 heterocycles. The largest absolute Gasteiger partial charge is 0.426 e. The number of anilines is 1. The van der Waals surface area contributed by atoms with Crippen molar-refractivity contribution in [3.63, 3.8) is 0 Å². The van der Waals surface area contributed by atoms with Crippen LogP contribution in [-0.4, -0.2) is 18.5 Å². The lowest BCUT2D eigenvalue weighted by Crippen LogP contribution is -2.42. The summed E-state index contributed by atoms with van der Waals surface area (Å²) >= 11 is 0. The molecule has 0 aliphatic carbocycles. The second-order valence-corrected chi connectivity index (χ2v) is 5.46. The topological polar surface area (TPSA) is 58.6 Å². The van der Waals surface area contributed by atoms with Crippen molar-refractivity contribution in [3.8, 4) is 0 Å². The van der Waals surface area contributed by atoms with E-state index in [1.807, 2.05) is 54.6 Å². The van der Waals surface area contributed by atoms with E-state index in [1.54, 1.807) is 4.90 Å². The molecule has 1 saturated heterocycles. The zero-order valence-electron chi connectivity index (χ0n) is 11.8. The zero-order valence-corrected chi connectivity index (χ0v) is 11.8. The summed E-state index contributed by atoms with van der Waals surface area (Å²) in [6.45, 7) is 0.628. The molecule has 1 spiro atoms. The number of para-hydroxylation sites is 1. The first-order valence-electron chi connectivity index (χ1n) is 7.13. The van der Waals surface area contributed by atoms with Crippen molar-refractivity contribution in [2.75, 3.05) is 11.4 Å². The Hall–Kier alpha value is -2.82. The van der Waals surface area contributed by atoms with Gasteiger partial charge in [0.05, 0.1) is 18.8 Å². The van der Waals surface area contributed by atoms with E-state index < -0.39 is 11.7 Å². The number of rotatable bonds is 2. The van der Waals surface area contributed by atoms with Crippen LogP contribution in [0, 0.1) is 0 Å². The number of fused-ring (bicyclic) bond motifs is 2. The second kappa shape index (κ2) is 4.59. The van der Waals surface area contributed by atoms with Gasteiger partial charge in [0.15, 0.2) is 0 Å². The van der Waals surface area contributed by atoms with Gasteiger partial charge < -0.3 is 15.0 Å². The van der Waals surface area contributed by atoms with Crippen LogP contribution in [-0.2, 0) is 21.7 Å². The number of carbonyl (C=O) groups is 2. The first kappa shape index (κ1) is 12.9. The Labute approximate surface area is 127 Å². The number of hydrogen-bond donors (Lipinski definition) is 1. The van der Waals surface area contributed by atoms with Gasteiger partial charge in [-0.1, -0.05) is 48.5 Å². The summed E-state index contributed by atoms with van der Waals surface area (Å²) in [5.74, 6) is -0.198. The number of amides is 2. The highest BCUT2D eigenvalue weighted by Crippen LogP contribution is 2.44. The molecule has 0 radical (unpaired) electrons. The lowest BCUT2D eigenvalue weighted by Gasteiger charge is -2.21. The first-order valence-corrected chi connectivity index (χ1v) is 7.13. The van der Waals surface area contributed by atoms with Gasteiger partial charge in [0, 0.05) is 5.56 Å². The Morgan fingerprint density at radius 3 is 2.50 bits per heavy atom. The van der Waals surface area contributed by atoms with Gasteiger partial charge in [-0.3, -0.25) is 4.79 Å². The Morgan fingerprint density at radius 1 is 1.05 bits per heavy atom. The molecule has 0 saturated carbocycles. The molecule has 110 valence electrons. The van der Waals surface area contributed by atoms with E-state index in [0.29, 0.717) is 6.54 Å². The van der Waals surface area contributed by atoms with Crippen LogP contribution in [0.3, 0.4) is 0 Å². The maximum absolute atomic E-state index is 12.9. The number of benzene rings is 2. The average Bonchev–Trinajstić information content (AvgIpc) is 3.04. The standard InChI is InChI=1S/C17H14N2O3/c20-15-17(11-18-16(21)22-17)13-8-4-5-9-14(13)19(15)10-12-6-2-1-3-7-12/h1-9H,10-11H2,(H,18,21). The summed E-state index contributed by atoms with van der Waals surface area (Å²) in [5, 5.41) is 2.60. The summed E-state index contributed by atoms with van der Waals surface area (Å²) in [6, 6.07) is 17.2. The minimum Gasteiger partial charge on any atom is -0.426 e. The Balaban J connectivity index is 1.78. The Bertz CT molecular complexity index is 760. The van der Waals surface area contributed by atoms with Crippen LogP contribution in [0.1, 0.15) is 11.1 Å². The van der Waals surface area contributed by atoms with E-state index in [0.717, 1.165) is 16.8 Å². The summed E-state index contributed by atoms with van der Waals surface area (Å²) in [5.41, 5.74) is 1.35. The number of hydrogen-bond acceptors (Lipinski definition) is 3. The normalized spacial score (nSPS) is 22.6. The smallest absolute Gasteiger partial charge is 0.408 e. The third kappa shape index (κ3) is 1.72. The van der Waals surface area contributed by atoms with Gasteiger partial charge in [-0.2, -0.15) is 0 Å². The third-order valence-corrected chi connectivity index (χ3v) is 4.15. The molecule has 1 N–H and O–H groups in total. The number of nitrogens with zero attached hydrogens (tertiary/aromatic N) is 1. The summed E-state index contributed by atoms with van der Waals surface area (Å²) in [4.78, 5) is 26.2. The van der Waals surface area contributed by atoms with Gasteiger partial charge in [0.25, 0.3) is 5.91 Å². The van der Waals surface area contributed by atoms with Crippen LogP contribution in [0.4, 0.5) is 10.5 Å². The van der Waals surface area contributed by atoms with Crippen molar-refractivity contribution in [3.05, 3.63) is 65.7 Å². The highest BCUT2D eigenvalue weighted by molar-refractivity contribution is 6.09. The highest BCUT2D eigenvalue weighted by atomic mass is 16.6. The first-order chi connectivity index (χ1) is 10.7. The van der Waals surface area contributed by atoms with Crippen molar-refractivity contribution in [2.24, 2.45) is 0 Å². The fourth-order valence-electron chi connectivity index (χ4n) is 3.11. The van der Waals surface area contributed by atoms with Gasteiger partial charge in [-0.05, 0) is 11.6 Å². The SMILES string of the molecule is O=C1NCC2(O1)C(=O)N(Cc1ccccc1)c1ccccc12. The molecule has 5 nitrogen and oxygen atoms in total. The van der Waals surface area contributed by atoms with Gasteiger partial charge in [-0.15, -0.1) is 0 Å². The maximum Gasteiger partial charge on any atom is 0.408 e. The molecule has 5 heteroatoms. The van der Waals surface area contributed by atoms with E-state index in [-0.39, 0.29) is 12.5 Å². The molecule has 2 aliphatic rings. The van der Waals surface area contributed by atoms with Gasteiger partial charge in [-0.25, -0.2) is 4.79 Å². The molecule has 2 aromatic carbocycles. The Morgan fingerprint density at radius 2 is 1.77 bits per heavy atom. The fraction of sp³-hybridized carbons (Fsp3) is 0.176. The monoisotopic (exact) mass is 294 g/mol. The predicted molar refractivity (Wildman–Crippen MR) is 80.2 cm³/mol. The quantitative estimate of drug-likeness (QED) is 0.923. The van der Waals surface area contributed by atoms with Crippen molar-refractivity contribution in [2.45, 2.75) is 12.1 Å². The fourth-order valence-corrected chi connectivity index (χ4v) is 3.11. The lowest BCUT2D eigenvalue weighted by molar-refractivity contribution is -0.132. The zero-order chi connectivity index (χ0) is 15.2. The summed E-state index contributed by atoms with van der Waals surface area (Å²) < 4.78 is 5.38. The molecule has 0 aromatic heterocycles. The van der Waals surface area contributed by atoms with Crippen molar-refractivity contribution < 1.29 is 14.3 Å². The van der Waals surface area contributed by atoms with E-state index in [2.05, 4.69) is 5.32 Å². The average molecular weight is 294 g/mol. The van der Waals surface area contributed by atoms with E-state index in [1.165, 1.54) is 0 Å². The molecule has 1 atom stereocenters. The molecule has 4 rings (SSSR count). The number of carbonyl (C=O) groups excluding carboxylic acids is 2. The van der Waals surface area contributed by atoms with Gasteiger partial charge in [0.1, 0.15) is 0 Å². The minimum absolute atomic E-state index is 0.174. The molecule has 0 bridgehead atoms. The number of nitrogens with one attached hydrogen (secondary N) is 1. The second-order valence-electron chi connectivity index (χ2n) is 5.46. The molecule has 1 fully saturated rings. The van der Waals surface area contributed by atoms with Crippen LogP contribution in [0.5, 0.6) is 0 Å². The van der Waals surface area contributed by atoms with Crippen LogP contribution < -0.4 is 10.2 Å². The van der Waals surface area contributed by atoms with Gasteiger partial charge >= 0.3 is 6.09 Å². The van der Waals surface area contributed by atoms with E-state index in [4.69, 9.17) is 4.74 Å². The number of ether oxygens (including phenoxy) is 1. The summed E-state index contributed by atoms with van der Waals surface area (Å²) in [6.07, 6.45) is -0.551. The van der Waals surface area contributed by atoms with Gasteiger partial charge in [0.2, 0.25) is 5.60 Å². The van der Waals surface area contributed by atoms with Crippen molar-refractivity contribution >= 4 is 17.7 Å². The van der Waals surface area contributed by atoms with Crippen LogP contribution in [0.25, 0.3) is 0 Å².